The monoisotopic (exact) mass is 333 g/mol. The zero-order chi connectivity index (χ0) is 17.5. The summed E-state index contributed by atoms with van der Waals surface area (Å²) < 4.78 is 2.37. The van der Waals surface area contributed by atoms with Crippen molar-refractivity contribution in [3.05, 3.63) is 103 Å². The minimum Gasteiger partial charge on any atom is -0.309 e. The van der Waals surface area contributed by atoms with E-state index in [1.54, 1.807) is 0 Å². The van der Waals surface area contributed by atoms with Gasteiger partial charge in [0.15, 0.2) is 0 Å². The molecule has 0 atom stereocenters. The molecule has 0 bridgehead atoms. The summed E-state index contributed by atoms with van der Waals surface area (Å²) in [6, 6.07) is 34.8. The van der Waals surface area contributed by atoms with Gasteiger partial charge in [-0.15, -0.1) is 0 Å². The van der Waals surface area contributed by atoms with Crippen molar-refractivity contribution in [2.45, 2.75) is 6.92 Å². The Hall–Kier alpha value is -3.32. The first-order chi connectivity index (χ1) is 12.8. The van der Waals surface area contributed by atoms with E-state index in [-0.39, 0.29) is 0 Å². The second-order valence-corrected chi connectivity index (χ2v) is 6.79. The van der Waals surface area contributed by atoms with Crippen molar-refractivity contribution >= 4 is 21.8 Å². The highest BCUT2D eigenvalue weighted by Crippen LogP contribution is 2.34. The quantitative estimate of drug-likeness (QED) is 0.336. The molecule has 5 aromatic rings. The lowest BCUT2D eigenvalue weighted by Crippen LogP contribution is -1.93. The summed E-state index contributed by atoms with van der Waals surface area (Å²) in [5.74, 6) is 0. The molecular formula is C25H19N. The van der Waals surface area contributed by atoms with E-state index in [1.165, 1.54) is 44.2 Å². The number of hydrogen-bond acceptors (Lipinski definition) is 0. The first kappa shape index (κ1) is 15.0. The minimum atomic E-state index is 1.19. The molecule has 0 aliphatic carbocycles. The van der Waals surface area contributed by atoms with Crippen LogP contribution in [0.25, 0.3) is 38.6 Å². The number of aromatic nitrogens is 1. The third kappa shape index (κ3) is 2.33. The summed E-state index contributed by atoms with van der Waals surface area (Å²) in [6.07, 6.45) is 0. The lowest BCUT2D eigenvalue weighted by molar-refractivity contribution is 1.18. The predicted molar refractivity (Wildman–Crippen MR) is 111 cm³/mol. The predicted octanol–water partition coefficient (Wildman–Crippen LogP) is 6.76. The fourth-order valence-electron chi connectivity index (χ4n) is 3.83. The van der Waals surface area contributed by atoms with Gasteiger partial charge in [-0.25, -0.2) is 0 Å². The van der Waals surface area contributed by atoms with E-state index in [0.29, 0.717) is 0 Å². The minimum absolute atomic E-state index is 1.19. The number of rotatable bonds is 2. The van der Waals surface area contributed by atoms with Gasteiger partial charge in [0.25, 0.3) is 0 Å². The Morgan fingerprint density at radius 2 is 1.27 bits per heavy atom. The van der Waals surface area contributed by atoms with Crippen LogP contribution in [0.5, 0.6) is 0 Å². The third-order valence-corrected chi connectivity index (χ3v) is 5.04. The zero-order valence-electron chi connectivity index (χ0n) is 14.7. The smallest absolute Gasteiger partial charge is 0.0547 e. The zero-order valence-corrected chi connectivity index (χ0v) is 14.7. The van der Waals surface area contributed by atoms with Gasteiger partial charge in [-0.3, -0.25) is 0 Å². The van der Waals surface area contributed by atoms with Gasteiger partial charge in [0.1, 0.15) is 0 Å². The van der Waals surface area contributed by atoms with Crippen LogP contribution in [0.4, 0.5) is 0 Å². The summed E-state index contributed by atoms with van der Waals surface area (Å²) >= 11 is 0. The molecule has 1 aromatic heterocycles. The van der Waals surface area contributed by atoms with Crippen LogP contribution in [0.15, 0.2) is 97.1 Å². The lowest BCUT2D eigenvalue weighted by atomic mass is 10.0. The highest BCUT2D eigenvalue weighted by Gasteiger charge is 2.12. The Morgan fingerprint density at radius 3 is 2.12 bits per heavy atom. The average molecular weight is 333 g/mol. The molecule has 0 saturated carbocycles. The van der Waals surface area contributed by atoms with Crippen LogP contribution in [0.2, 0.25) is 0 Å². The molecule has 5 rings (SSSR count). The maximum absolute atomic E-state index is 2.37. The second-order valence-electron chi connectivity index (χ2n) is 6.79. The molecule has 1 nitrogen and oxygen atoms in total. The summed E-state index contributed by atoms with van der Waals surface area (Å²) in [5, 5.41) is 2.59. The fourth-order valence-corrected chi connectivity index (χ4v) is 3.83. The molecule has 26 heavy (non-hydrogen) atoms. The third-order valence-electron chi connectivity index (χ3n) is 5.04. The van der Waals surface area contributed by atoms with Gasteiger partial charge >= 0.3 is 0 Å². The molecule has 0 unspecified atom stereocenters. The molecule has 0 amide bonds. The van der Waals surface area contributed by atoms with E-state index >= 15 is 0 Å². The van der Waals surface area contributed by atoms with Gasteiger partial charge < -0.3 is 4.57 Å². The molecule has 0 spiro atoms. The summed E-state index contributed by atoms with van der Waals surface area (Å²) in [6.45, 7) is 2.14. The van der Waals surface area contributed by atoms with E-state index in [4.69, 9.17) is 0 Å². The Labute approximate surface area is 153 Å². The van der Waals surface area contributed by atoms with Crippen LogP contribution >= 0.6 is 0 Å². The highest BCUT2D eigenvalue weighted by atomic mass is 15.0. The SMILES string of the molecule is Cc1cccc(-c2ccc3c4ccccc4n(-c4ccccc4)c3c2)c1. The Balaban J connectivity index is 1.86. The van der Waals surface area contributed by atoms with Gasteiger partial charge in [0.05, 0.1) is 11.0 Å². The van der Waals surface area contributed by atoms with E-state index in [9.17, 15) is 0 Å². The van der Waals surface area contributed by atoms with Crippen LogP contribution in [-0.4, -0.2) is 4.57 Å². The summed E-state index contributed by atoms with van der Waals surface area (Å²) in [5.41, 5.74) is 7.48. The summed E-state index contributed by atoms with van der Waals surface area (Å²) in [7, 11) is 0. The molecule has 0 saturated heterocycles. The van der Waals surface area contributed by atoms with E-state index in [1.807, 2.05) is 0 Å². The van der Waals surface area contributed by atoms with Crippen molar-refractivity contribution in [2.75, 3.05) is 0 Å². The van der Waals surface area contributed by atoms with E-state index in [2.05, 4.69) is 109 Å². The van der Waals surface area contributed by atoms with Crippen molar-refractivity contribution < 1.29 is 0 Å². The molecular weight excluding hydrogens is 314 g/mol. The van der Waals surface area contributed by atoms with Crippen molar-refractivity contribution in [1.82, 2.24) is 4.57 Å². The maximum Gasteiger partial charge on any atom is 0.0547 e. The molecule has 0 aliphatic heterocycles. The Bertz CT molecular complexity index is 1230. The van der Waals surface area contributed by atoms with Crippen LogP contribution in [0, 0.1) is 6.92 Å². The van der Waals surface area contributed by atoms with Crippen LogP contribution in [-0.2, 0) is 0 Å². The number of aryl methyl sites for hydroxylation is 1. The Kier molecular flexibility index (Phi) is 3.39. The highest BCUT2D eigenvalue weighted by molar-refractivity contribution is 6.10. The van der Waals surface area contributed by atoms with Crippen molar-refractivity contribution in [2.24, 2.45) is 0 Å². The van der Waals surface area contributed by atoms with Crippen LogP contribution < -0.4 is 0 Å². The number of benzene rings is 4. The lowest BCUT2D eigenvalue weighted by Gasteiger charge is -2.09. The normalized spacial score (nSPS) is 11.3. The molecule has 1 heterocycles. The largest absolute Gasteiger partial charge is 0.309 e. The van der Waals surface area contributed by atoms with E-state index < -0.39 is 0 Å². The average Bonchev–Trinajstić information content (AvgIpc) is 3.02. The molecule has 0 N–H and O–H groups in total. The molecule has 1 heteroatoms. The molecule has 0 fully saturated rings. The number of hydrogen-bond donors (Lipinski definition) is 0. The first-order valence-electron chi connectivity index (χ1n) is 8.97. The summed E-state index contributed by atoms with van der Waals surface area (Å²) in [4.78, 5) is 0. The molecule has 0 radical (unpaired) electrons. The molecule has 0 aliphatic rings. The van der Waals surface area contributed by atoms with Gasteiger partial charge in [-0.05, 0) is 42.3 Å². The molecule has 4 aromatic carbocycles. The molecule has 124 valence electrons. The van der Waals surface area contributed by atoms with Crippen molar-refractivity contribution in [3.8, 4) is 16.8 Å². The fraction of sp³-hybridized carbons (Fsp3) is 0.0400. The number of fused-ring (bicyclic) bond motifs is 3. The van der Waals surface area contributed by atoms with Gasteiger partial charge in [-0.1, -0.05) is 78.4 Å². The topological polar surface area (TPSA) is 4.93 Å². The second kappa shape index (κ2) is 5.89. The van der Waals surface area contributed by atoms with E-state index in [0.717, 1.165) is 0 Å². The van der Waals surface area contributed by atoms with Crippen LogP contribution in [0.1, 0.15) is 5.56 Å². The first-order valence-corrected chi connectivity index (χ1v) is 8.97. The Morgan fingerprint density at radius 1 is 0.538 bits per heavy atom. The van der Waals surface area contributed by atoms with Crippen LogP contribution in [0.3, 0.4) is 0 Å². The van der Waals surface area contributed by atoms with Crippen molar-refractivity contribution in [3.63, 3.8) is 0 Å². The van der Waals surface area contributed by atoms with Gasteiger partial charge in [0, 0.05) is 16.5 Å². The number of para-hydroxylation sites is 2. The number of nitrogens with zero attached hydrogens (tertiary/aromatic N) is 1. The maximum atomic E-state index is 2.37. The van der Waals surface area contributed by atoms with Gasteiger partial charge in [0.2, 0.25) is 0 Å². The van der Waals surface area contributed by atoms with Crippen molar-refractivity contribution in [1.29, 1.82) is 0 Å². The van der Waals surface area contributed by atoms with Gasteiger partial charge in [-0.2, -0.15) is 0 Å². The standard InChI is InChI=1S/C25H19N/c1-18-8-7-9-19(16-18)20-14-15-23-22-12-5-6-13-24(22)26(25(23)17-20)21-10-3-2-4-11-21/h2-17H,1H3.